The van der Waals surface area contributed by atoms with Crippen LogP contribution in [-0.4, -0.2) is 19.8 Å². The number of sulfonamides is 1. The van der Waals surface area contributed by atoms with Gasteiger partial charge in [-0.05, 0) is 25.5 Å². The Morgan fingerprint density at radius 3 is 2.52 bits per heavy atom. The summed E-state index contributed by atoms with van der Waals surface area (Å²) >= 11 is 7.22. The Kier molecular flexibility index (Phi) is 5.09. The number of halogens is 1. The minimum absolute atomic E-state index is 0.336. The predicted molar refractivity (Wildman–Crippen MR) is 88.4 cm³/mol. The average molecular weight is 344 g/mol. The fourth-order valence-electron chi connectivity index (χ4n) is 2.17. The summed E-state index contributed by atoms with van der Waals surface area (Å²) in [5, 5.41) is 0. The highest BCUT2D eigenvalue weighted by atomic mass is 35.5. The van der Waals surface area contributed by atoms with Gasteiger partial charge < -0.3 is 0 Å². The summed E-state index contributed by atoms with van der Waals surface area (Å²) in [6, 6.07) is 9.54. The minimum Gasteiger partial charge on any atom is -0.207 e. The van der Waals surface area contributed by atoms with Crippen LogP contribution >= 0.6 is 22.9 Å². The lowest BCUT2D eigenvalue weighted by molar-refractivity contribution is 0.466. The molecule has 0 radical (unpaired) electrons. The molecular weight excluding hydrogens is 326 g/mol. The van der Waals surface area contributed by atoms with Crippen molar-refractivity contribution in [1.29, 1.82) is 0 Å². The summed E-state index contributed by atoms with van der Waals surface area (Å²) in [6.07, 6.45) is 0. The number of aryl methyl sites for hydroxylation is 2. The van der Waals surface area contributed by atoms with Crippen molar-refractivity contribution in [1.82, 2.24) is 4.31 Å². The van der Waals surface area contributed by atoms with E-state index in [4.69, 9.17) is 11.6 Å². The predicted octanol–water partition coefficient (Wildman–Crippen LogP) is 3.92. The van der Waals surface area contributed by atoms with E-state index in [1.165, 1.54) is 15.6 Å². The maximum Gasteiger partial charge on any atom is 0.244 e. The van der Waals surface area contributed by atoms with E-state index in [0.29, 0.717) is 17.3 Å². The van der Waals surface area contributed by atoms with Crippen LogP contribution in [0.4, 0.5) is 0 Å². The van der Waals surface area contributed by atoms with E-state index >= 15 is 0 Å². The fourth-order valence-corrected chi connectivity index (χ4v) is 5.02. The molecule has 0 aliphatic rings. The molecule has 3 nitrogen and oxygen atoms in total. The molecular formula is C15H18ClNO2S2. The second-order valence-corrected chi connectivity index (χ2v) is 8.64. The van der Waals surface area contributed by atoms with E-state index in [0.717, 1.165) is 20.9 Å². The molecule has 1 aromatic heterocycles. The van der Waals surface area contributed by atoms with Crippen LogP contribution in [0.2, 0.25) is 0 Å². The van der Waals surface area contributed by atoms with E-state index in [1.54, 1.807) is 13.1 Å². The Morgan fingerprint density at radius 2 is 1.95 bits per heavy atom. The summed E-state index contributed by atoms with van der Waals surface area (Å²) in [5.41, 5.74) is 2.10. The molecule has 114 valence electrons. The van der Waals surface area contributed by atoms with Crippen molar-refractivity contribution in [3.8, 4) is 0 Å². The van der Waals surface area contributed by atoms with Gasteiger partial charge in [-0.15, -0.1) is 22.9 Å². The number of benzene rings is 1. The molecule has 0 aliphatic heterocycles. The summed E-state index contributed by atoms with van der Waals surface area (Å²) in [4.78, 5) is 2.01. The van der Waals surface area contributed by atoms with E-state index in [9.17, 15) is 8.42 Å². The summed E-state index contributed by atoms with van der Waals surface area (Å²) in [7, 11) is -1.88. The molecule has 2 aromatic rings. The Balaban J connectivity index is 2.28. The van der Waals surface area contributed by atoms with E-state index < -0.39 is 10.0 Å². The Labute approximate surface area is 135 Å². The van der Waals surface area contributed by atoms with Gasteiger partial charge in [-0.25, -0.2) is 8.42 Å². The molecule has 0 atom stereocenters. The first-order valence-corrected chi connectivity index (χ1v) is 9.31. The molecule has 0 fully saturated rings. The van der Waals surface area contributed by atoms with Crippen LogP contribution in [0.5, 0.6) is 0 Å². The quantitative estimate of drug-likeness (QED) is 0.771. The standard InChI is InChI=1S/C15H18ClNO2S2/c1-11-5-4-6-13(7-11)10-17(3)21(18,19)15-8-14(9-16)20-12(15)2/h4-8H,9-10H2,1-3H3. The summed E-state index contributed by atoms with van der Waals surface area (Å²) < 4.78 is 26.7. The van der Waals surface area contributed by atoms with Crippen LogP contribution in [-0.2, 0) is 22.4 Å². The van der Waals surface area contributed by atoms with Crippen LogP contribution in [0.3, 0.4) is 0 Å². The van der Waals surface area contributed by atoms with Crippen molar-refractivity contribution >= 4 is 33.0 Å². The Hall–Kier alpha value is -0.880. The van der Waals surface area contributed by atoms with E-state index in [-0.39, 0.29) is 0 Å². The highest BCUT2D eigenvalue weighted by Crippen LogP contribution is 2.29. The van der Waals surface area contributed by atoms with Crippen molar-refractivity contribution in [3.05, 3.63) is 51.2 Å². The number of rotatable bonds is 5. The molecule has 21 heavy (non-hydrogen) atoms. The summed E-state index contributed by atoms with van der Waals surface area (Å²) in [6.45, 7) is 4.16. The molecule has 0 unspecified atom stereocenters. The number of hydrogen-bond donors (Lipinski definition) is 0. The van der Waals surface area contributed by atoms with Gasteiger partial charge in [0.1, 0.15) is 0 Å². The molecule has 2 rings (SSSR count). The second-order valence-electron chi connectivity index (χ2n) is 5.02. The van der Waals surface area contributed by atoms with E-state index in [2.05, 4.69) is 0 Å². The van der Waals surface area contributed by atoms with Crippen molar-refractivity contribution in [2.24, 2.45) is 0 Å². The van der Waals surface area contributed by atoms with Crippen LogP contribution in [0, 0.1) is 13.8 Å². The van der Waals surface area contributed by atoms with Crippen molar-refractivity contribution in [2.75, 3.05) is 7.05 Å². The molecule has 0 saturated heterocycles. The zero-order valence-corrected chi connectivity index (χ0v) is 14.6. The van der Waals surface area contributed by atoms with Gasteiger partial charge in [0.15, 0.2) is 0 Å². The molecule has 0 bridgehead atoms. The zero-order valence-electron chi connectivity index (χ0n) is 12.3. The summed E-state index contributed by atoms with van der Waals surface area (Å²) in [5.74, 6) is 0.336. The lowest BCUT2D eigenvalue weighted by Gasteiger charge is -2.17. The van der Waals surface area contributed by atoms with Crippen molar-refractivity contribution < 1.29 is 8.42 Å². The fraction of sp³-hybridized carbons (Fsp3) is 0.333. The maximum absolute atomic E-state index is 12.7. The monoisotopic (exact) mass is 343 g/mol. The molecule has 1 heterocycles. The van der Waals surface area contributed by atoms with Gasteiger partial charge in [-0.1, -0.05) is 29.8 Å². The van der Waals surface area contributed by atoms with Crippen LogP contribution in [0.1, 0.15) is 20.9 Å². The first-order valence-electron chi connectivity index (χ1n) is 6.51. The Bertz CT molecular complexity index is 738. The molecule has 1 aromatic carbocycles. The van der Waals surface area contributed by atoms with Gasteiger partial charge in [-0.3, -0.25) is 0 Å². The maximum atomic E-state index is 12.7. The van der Waals surface area contributed by atoms with Gasteiger partial charge >= 0.3 is 0 Å². The van der Waals surface area contributed by atoms with Gasteiger partial charge in [0, 0.05) is 23.3 Å². The second kappa shape index (κ2) is 6.48. The first-order chi connectivity index (χ1) is 9.84. The zero-order chi connectivity index (χ0) is 15.6. The molecule has 0 aliphatic carbocycles. The highest BCUT2D eigenvalue weighted by Gasteiger charge is 2.24. The molecule has 0 N–H and O–H groups in total. The van der Waals surface area contributed by atoms with Gasteiger partial charge in [-0.2, -0.15) is 4.31 Å². The lowest BCUT2D eigenvalue weighted by Crippen LogP contribution is -2.26. The minimum atomic E-state index is -3.48. The smallest absolute Gasteiger partial charge is 0.207 e. The SMILES string of the molecule is Cc1cccc(CN(C)S(=O)(=O)c2cc(CCl)sc2C)c1. The third-order valence-corrected chi connectivity index (χ3v) is 6.79. The van der Waals surface area contributed by atoms with Gasteiger partial charge in [0.2, 0.25) is 10.0 Å². The Morgan fingerprint density at radius 1 is 1.24 bits per heavy atom. The van der Waals surface area contributed by atoms with Crippen LogP contribution in [0.25, 0.3) is 0 Å². The number of hydrogen-bond acceptors (Lipinski definition) is 3. The third-order valence-electron chi connectivity index (χ3n) is 3.23. The number of alkyl halides is 1. The molecule has 0 amide bonds. The van der Waals surface area contributed by atoms with Gasteiger partial charge in [0.25, 0.3) is 0 Å². The number of thiophene rings is 1. The first kappa shape index (κ1) is 16.5. The van der Waals surface area contributed by atoms with Crippen LogP contribution in [0.15, 0.2) is 35.2 Å². The van der Waals surface area contributed by atoms with Gasteiger partial charge in [0.05, 0.1) is 10.8 Å². The normalized spacial score (nSPS) is 12.0. The van der Waals surface area contributed by atoms with Crippen molar-refractivity contribution in [2.45, 2.75) is 31.2 Å². The molecule has 6 heteroatoms. The highest BCUT2D eigenvalue weighted by molar-refractivity contribution is 7.89. The van der Waals surface area contributed by atoms with Crippen LogP contribution < -0.4 is 0 Å². The largest absolute Gasteiger partial charge is 0.244 e. The topological polar surface area (TPSA) is 37.4 Å². The third kappa shape index (κ3) is 3.66. The number of nitrogens with zero attached hydrogens (tertiary/aromatic N) is 1. The molecule has 0 spiro atoms. The van der Waals surface area contributed by atoms with E-state index in [1.807, 2.05) is 38.1 Å². The lowest BCUT2D eigenvalue weighted by atomic mass is 10.1. The molecule has 0 saturated carbocycles. The van der Waals surface area contributed by atoms with Crippen molar-refractivity contribution in [3.63, 3.8) is 0 Å². The average Bonchev–Trinajstić information content (AvgIpc) is 2.80.